The quantitative estimate of drug-likeness (QED) is 0.213. The zero-order valence-electron chi connectivity index (χ0n) is 20.6. The minimum Gasteiger partial charge on any atom is -0.497 e. The molecule has 4 aromatic rings. The van der Waals surface area contributed by atoms with Crippen LogP contribution in [0.25, 0.3) is 5.69 Å². The van der Waals surface area contributed by atoms with Crippen LogP contribution >= 0.6 is 35.0 Å². The van der Waals surface area contributed by atoms with Crippen molar-refractivity contribution < 1.29 is 27.4 Å². The molecule has 3 aromatic carbocycles. The third kappa shape index (κ3) is 6.78. The minimum absolute atomic E-state index is 0.0224. The summed E-state index contributed by atoms with van der Waals surface area (Å²) in [4.78, 5) is 12.9. The van der Waals surface area contributed by atoms with Gasteiger partial charge in [0.25, 0.3) is 5.91 Å². The topological polar surface area (TPSA) is 78.3 Å². The number of carbonyl (C=O) groups excluding carboxylic acids is 1. The van der Waals surface area contributed by atoms with Crippen molar-refractivity contribution >= 4 is 40.9 Å². The van der Waals surface area contributed by atoms with E-state index in [4.69, 9.17) is 32.7 Å². The second-order valence-corrected chi connectivity index (χ2v) is 9.83. The summed E-state index contributed by atoms with van der Waals surface area (Å²) >= 11 is 13.5. The zero-order chi connectivity index (χ0) is 28.2. The molecule has 0 atom stereocenters. The molecule has 1 N–H and O–H groups in total. The number of amides is 1. The van der Waals surface area contributed by atoms with Crippen LogP contribution in [-0.4, -0.2) is 34.9 Å². The first-order valence-corrected chi connectivity index (χ1v) is 13.0. The average molecular weight is 597 g/mol. The Hall–Kier alpha value is -3.41. The molecule has 0 radical (unpaired) electrons. The summed E-state index contributed by atoms with van der Waals surface area (Å²) in [6, 6.07) is 14.8. The Labute approximate surface area is 236 Å². The van der Waals surface area contributed by atoms with E-state index in [0.717, 1.165) is 12.1 Å². The third-order valence-electron chi connectivity index (χ3n) is 5.54. The second kappa shape index (κ2) is 12.2. The summed E-state index contributed by atoms with van der Waals surface area (Å²) in [7, 11) is 2.95. The highest BCUT2D eigenvalue weighted by Crippen LogP contribution is 2.33. The van der Waals surface area contributed by atoms with Crippen LogP contribution in [-0.2, 0) is 18.5 Å². The lowest BCUT2D eigenvalue weighted by molar-refractivity contribution is -0.137. The van der Waals surface area contributed by atoms with Gasteiger partial charge in [-0.15, -0.1) is 10.2 Å². The number of nitrogens with one attached hydrogen (secondary N) is 1. The average Bonchev–Trinajstić information content (AvgIpc) is 3.34. The number of hydrogen-bond donors (Lipinski definition) is 1. The Morgan fingerprint density at radius 1 is 1.00 bits per heavy atom. The highest BCUT2D eigenvalue weighted by Gasteiger charge is 2.30. The van der Waals surface area contributed by atoms with E-state index >= 15 is 0 Å². The highest BCUT2D eigenvalue weighted by molar-refractivity contribution is 7.98. The molecule has 0 aliphatic heterocycles. The van der Waals surface area contributed by atoms with Crippen LogP contribution in [0.3, 0.4) is 0 Å². The van der Waals surface area contributed by atoms with E-state index < -0.39 is 17.6 Å². The zero-order valence-corrected chi connectivity index (χ0v) is 22.9. The molecule has 0 aliphatic rings. The SMILES string of the molecule is COc1ccc(C(=O)NCc2nnc(SCc3cccc(C(F)(F)F)c3)n2-c2ccc(Cl)c(Cl)c2)c(OC)c1. The molecule has 1 heterocycles. The van der Waals surface area contributed by atoms with Crippen molar-refractivity contribution in [1.82, 2.24) is 20.1 Å². The van der Waals surface area contributed by atoms with Crippen LogP contribution < -0.4 is 14.8 Å². The highest BCUT2D eigenvalue weighted by atomic mass is 35.5. The van der Waals surface area contributed by atoms with Crippen molar-refractivity contribution in [3.63, 3.8) is 0 Å². The summed E-state index contributed by atoms with van der Waals surface area (Å²) in [6.45, 7) is -0.0224. The molecule has 1 aromatic heterocycles. The Kier molecular flexibility index (Phi) is 8.94. The smallest absolute Gasteiger partial charge is 0.416 e. The Balaban J connectivity index is 1.60. The van der Waals surface area contributed by atoms with E-state index in [1.54, 1.807) is 47.0 Å². The molecule has 7 nitrogen and oxygen atoms in total. The normalized spacial score (nSPS) is 11.4. The van der Waals surface area contributed by atoms with Crippen molar-refractivity contribution in [2.75, 3.05) is 14.2 Å². The van der Waals surface area contributed by atoms with Crippen molar-refractivity contribution in [3.8, 4) is 17.2 Å². The molecule has 204 valence electrons. The number of halogens is 5. The van der Waals surface area contributed by atoms with Crippen molar-refractivity contribution in [1.29, 1.82) is 0 Å². The van der Waals surface area contributed by atoms with Gasteiger partial charge >= 0.3 is 6.18 Å². The van der Waals surface area contributed by atoms with Gasteiger partial charge in [-0.1, -0.05) is 53.2 Å². The van der Waals surface area contributed by atoms with Gasteiger partial charge in [0.05, 0.1) is 47.6 Å². The maximum atomic E-state index is 13.1. The van der Waals surface area contributed by atoms with Gasteiger partial charge < -0.3 is 14.8 Å². The molecule has 0 aliphatic carbocycles. The monoisotopic (exact) mass is 596 g/mol. The van der Waals surface area contributed by atoms with E-state index in [1.165, 1.54) is 32.0 Å². The number of rotatable bonds is 9. The predicted molar refractivity (Wildman–Crippen MR) is 143 cm³/mol. The number of carbonyl (C=O) groups is 1. The maximum Gasteiger partial charge on any atom is 0.416 e. The summed E-state index contributed by atoms with van der Waals surface area (Å²) in [5, 5.41) is 12.3. The summed E-state index contributed by atoms with van der Waals surface area (Å²) < 4.78 is 51.6. The van der Waals surface area contributed by atoms with Gasteiger partial charge in [0, 0.05) is 11.8 Å². The molecule has 1 amide bonds. The number of ether oxygens (including phenoxy) is 2. The lowest BCUT2D eigenvalue weighted by Crippen LogP contribution is -2.25. The van der Waals surface area contributed by atoms with Crippen LogP contribution in [0.2, 0.25) is 10.0 Å². The number of thioether (sulfide) groups is 1. The van der Waals surface area contributed by atoms with Gasteiger partial charge in [-0.3, -0.25) is 9.36 Å². The molecule has 0 saturated carbocycles. The van der Waals surface area contributed by atoms with E-state index in [0.29, 0.717) is 38.8 Å². The third-order valence-corrected chi connectivity index (χ3v) is 7.28. The fraction of sp³-hybridized carbons (Fsp3) is 0.192. The van der Waals surface area contributed by atoms with Gasteiger partial charge in [-0.05, 0) is 42.0 Å². The number of alkyl halides is 3. The van der Waals surface area contributed by atoms with Crippen LogP contribution in [0.1, 0.15) is 27.3 Å². The van der Waals surface area contributed by atoms with Crippen LogP contribution in [0.4, 0.5) is 13.2 Å². The van der Waals surface area contributed by atoms with E-state index in [1.807, 2.05) is 0 Å². The number of benzene rings is 3. The van der Waals surface area contributed by atoms with Crippen molar-refractivity contribution in [2.45, 2.75) is 23.6 Å². The number of aromatic nitrogens is 3. The van der Waals surface area contributed by atoms with Gasteiger partial charge in [-0.2, -0.15) is 13.2 Å². The lowest BCUT2D eigenvalue weighted by atomic mass is 10.1. The Bertz CT molecular complexity index is 1500. The molecule has 39 heavy (non-hydrogen) atoms. The standard InChI is InChI=1S/C26H21Cl2F3N4O3S/c1-37-18-7-8-19(22(12-18)38-2)24(36)32-13-23-33-34-25(35(23)17-6-9-20(27)21(28)11-17)39-14-15-4-3-5-16(10-15)26(29,30)31/h3-12H,13-14H2,1-2H3,(H,32,36). The number of methoxy groups -OCH3 is 2. The molecule has 0 unspecified atom stereocenters. The summed E-state index contributed by atoms with van der Waals surface area (Å²) in [5.41, 5.74) is 0.578. The van der Waals surface area contributed by atoms with E-state index in [9.17, 15) is 18.0 Å². The van der Waals surface area contributed by atoms with Crippen LogP contribution in [0, 0.1) is 0 Å². The summed E-state index contributed by atoms with van der Waals surface area (Å²) in [6.07, 6.45) is -4.45. The van der Waals surface area contributed by atoms with Gasteiger partial charge in [0.2, 0.25) is 0 Å². The first-order valence-electron chi connectivity index (χ1n) is 11.3. The molecular formula is C26H21Cl2F3N4O3S. The first kappa shape index (κ1) is 28.6. The van der Waals surface area contributed by atoms with Gasteiger partial charge in [-0.25, -0.2) is 0 Å². The van der Waals surface area contributed by atoms with Crippen LogP contribution in [0.5, 0.6) is 11.5 Å². The number of hydrogen-bond acceptors (Lipinski definition) is 6. The molecule has 13 heteroatoms. The predicted octanol–water partition coefficient (Wildman–Crippen LogP) is 6.83. The van der Waals surface area contributed by atoms with Gasteiger partial charge in [0.15, 0.2) is 11.0 Å². The van der Waals surface area contributed by atoms with Crippen LogP contribution in [0.15, 0.2) is 65.8 Å². The molecule has 0 saturated heterocycles. The fourth-order valence-corrected chi connectivity index (χ4v) is 4.82. The molecule has 0 fully saturated rings. The molecular weight excluding hydrogens is 576 g/mol. The maximum absolute atomic E-state index is 13.1. The minimum atomic E-state index is -4.45. The fourth-order valence-electron chi connectivity index (χ4n) is 3.62. The molecule has 0 bridgehead atoms. The van der Waals surface area contributed by atoms with E-state index in [2.05, 4.69) is 15.5 Å². The Morgan fingerprint density at radius 3 is 2.49 bits per heavy atom. The second-order valence-electron chi connectivity index (χ2n) is 8.07. The lowest BCUT2D eigenvalue weighted by Gasteiger charge is -2.13. The van der Waals surface area contributed by atoms with E-state index in [-0.39, 0.29) is 22.9 Å². The summed E-state index contributed by atoms with van der Waals surface area (Å²) in [5.74, 6) is 0.996. The number of nitrogens with zero attached hydrogens (tertiary/aromatic N) is 3. The van der Waals surface area contributed by atoms with Gasteiger partial charge in [0.1, 0.15) is 11.5 Å². The Morgan fingerprint density at radius 2 is 1.79 bits per heavy atom. The molecule has 0 spiro atoms. The largest absolute Gasteiger partial charge is 0.497 e. The van der Waals surface area contributed by atoms with Crippen molar-refractivity contribution in [3.05, 3.63) is 93.2 Å². The van der Waals surface area contributed by atoms with Crippen molar-refractivity contribution in [2.24, 2.45) is 0 Å². The molecule has 4 rings (SSSR count). The first-order chi connectivity index (χ1) is 18.6.